The largest absolute Gasteiger partial charge is 0.492 e. The zero-order valence-electron chi connectivity index (χ0n) is 12.2. The van der Waals surface area contributed by atoms with Crippen LogP contribution in [0, 0.1) is 0 Å². The Morgan fingerprint density at radius 1 is 1.05 bits per heavy atom. The summed E-state index contributed by atoms with van der Waals surface area (Å²) in [7, 11) is 0. The van der Waals surface area contributed by atoms with Crippen molar-refractivity contribution in [2.75, 3.05) is 26.2 Å². The summed E-state index contributed by atoms with van der Waals surface area (Å²) in [6.07, 6.45) is 1.10. The third kappa shape index (κ3) is 3.63. The summed E-state index contributed by atoms with van der Waals surface area (Å²) in [6, 6.07) is 18.9. The van der Waals surface area contributed by atoms with Gasteiger partial charge < -0.3 is 10.5 Å². The van der Waals surface area contributed by atoms with Gasteiger partial charge in [-0.05, 0) is 24.6 Å². The van der Waals surface area contributed by atoms with Crippen molar-refractivity contribution in [3.63, 3.8) is 0 Å². The molecule has 2 aromatic rings. The molecule has 1 saturated heterocycles. The van der Waals surface area contributed by atoms with Crippen molar-refractivity contribution in [3.05, 3.63) is 54.6 Å². The number of hydrogen-bond acceptors (Lipinski definition) is 3. The average Bonchev–Trinajstić information content (AvgIpc) is 2.94. The Kier molecular flexibility index (Phi) is 4.53. The maximum absolute atomic E-state index is 6.01. The second-order valence-electron chi connectivity index (χ2n) is 5.56. The molecule has 0 unspecified atom stereocenters. The number of likely N-dealkylation sites (tertiary alicyclic amines) is 1. The Morgan fingerprint density at radius 2 is 1.81 bits per heavy atom. The van der Waals surface area contributed by atoms with Crippen molar-refractivity contribution in [1.82, 2.24) is 4.90 Å². The fourth-order valence-corrected chi connectivity index (χ4v) is 2.80. The van der Waals surface area contributed by atoms with Crippen LogP contribution in [0.3, 0.4) is 0 Å². The lowest BCUT2D eigenvalue weighted by molar-refractivity contribution is 0.237. The van der Waals surface area contributed by atoms with Gasteiger partial charge in [0, 0.05) is 24.7 Å². The zero-order valence-corrected chi connectivity index (χ0v) is 12.2. The van der Waals surface area contributed by atoms with Gasteiger partial charge in [-0.3, -0.25) is 4.90 Å². The Morgan fingerprint density at radius 3 is 2.57 bits per heavy atom. The van der Waals surface area contributed by atoms with Gasteiger partial charge in [0.2, 0.25) is 0 Å². The molecule has 3 rings (SSSR count). The number of nitrogens with zero attached hydrogens (tertiary/aromatic N) is 1. The van der Waals surface area contributed by atoms with Crippen LogP contribution in [0.5, 0.6) is 5.75 Å². The number of ether oxygens (including phenoxy) is 1. The standard InChI is InChI=1S/C18H22N2O/c19-16-10-11-20(14-16)12-13-21-18-9-5-4-8-17(18)15-6-2-1-3-7-15/h1-9,16H,10-14,19H2/t16-/m1/s1. The predicted molar refractivity (Wildman–Crippen MR) is 86.4 cm³/mol. The van der Waals surface area contributed by atoms with E-state index in [0.717, 1.165) is 37.4 Å². The molecule has 0 radical (unpaired) electrons. The van der Waals surface area contributed by atoms with Crippen molar-refractivity contribution >= 4 is 0 Å². The summed E-state index contributed by atoms with van der Waals surface area (Å²) in [5, 5.41) is 0. The molecule has 21 heavy (non-hydrogen) atoms. The van der Waals surface area contributed by atoms with Gasteiger partial charge in [0.25, 0.3) is 0 Å². The normalized spacial score (nSPS) is 18.8. The summed E-state index contributed by atoms with van der Waals surface area (Å²) in [5.41, 5.74) is 8.27. The van der Waals surface area contributed by atoms with Crippen LogP contribution in [0.2, 0.25) is 0 Å². The van der Waals surface area contributed by atoms with Crippen LogP contribution in [0.15, 0.2) is 54.6 Å². The van der Waals surface area contributed by atoms with Crippen LogP contribution in [-0.4, -0.2) is 37.2 Å². The first-order valence-electron chi connectivity index (χ1n) is 7.58. The van der Waals surface area contributed by atoms with Gasteiger partial charge in [-0.2, -0.15) is 0 Å². The van der Waals surface area contributed by atoms with Gasteiger partial charge in [-0.15, -0.1) is 0 Å². The summed E-state index contributed by atoms with van der Waals surface area (Å²) >= 11 is 0. The van der Waals surface area contributed by atoms with Gasteiger partial charge in [-0.1, -0.05) is 48.5 Å². The lowest BCUT2D eigenvalue weighted by Crippen LogP contribution is -2.29. The van der Waals surface area contributed by atoms with Gasteiger partial charge in [0.15, 0.2) is 0 Å². The van der Waals surface area contributed by atoms with Crippen LogP contribution in [0.1, 0.15) is 6.42 Å². The number of nitrogens with two attached hydrogens (primary N) is 1. The predicted octanol–water partition coefficient (Wildman–Crippen LogP) is 2.77. The first kappa shape index (κ1) is 14.1. The molecule has 0 saturated carbocycles. The molecule has 2 aromatic carbocycles. The second-order valence-corrected chi connectivity index (χ2v) is 5.56. The van der Waals surface area contributed by atoms with Crippen LogP contribution in [0.4, 0.5) is 0 Å². The molecular weight excluding hydrogens is 260 g/mol. The summed E-state index contributed by atoms with van der Waals surface area (Å²) in [4.78, 5) is 2.37. The van der Waals surface area contributed by atoms with Gasteiger partial charge in [-0.25, -0.2) is 0 Å². The molecule has 110 valence electrons. The van der Waals surface area contributed by atoms with Crippen molar-refractivity contribution in [2.24, 2.45) is 5.73 Å². The first-order valence-corrected chi connectivity index (χ1v) is 7.58. The fourth-order valence-electron chi connectivity index (χ4n) is 2.80. The molecule has 0 bridgehead atoms. The molecule has 1 fully saturated rings. The van der Waals surface area contributed by atoms with Crippen LogP contribution in [0.25, 0.3) is 11.1 Å². The smallest absolute Gasteiger partial charge is 0.127 e. The second kappa shape index (κ2) is 6.74. The van der Waals surface area contributed by atoms with E-state index in [9.17, 15) is 0 Å². The SMILES string of the molecule is N[C@@H]1CCN(CCOc2ccccc2-c2ccccc2)C1. The maximum Gasteiger partial charge on any atom is 0.127 e. The topological polar surface area (TPSA) is 38.5 Å². The third-order valence-electron chi connectivity index (χ3n) is 3.95. The molecule has 1 atom stereocenters. The molecule has 0 amide bonds. The van der Waals surface area contributed by atoms with E-state index < -0.39 is 0 Å². The lowest BCUT2D eigenvalue weighted by atomic mass is 10.1. The minimum atomic E-state index is 0.335. The summed E-state index contributed by atoms with van der Waals surface area (Å²) < 4.78 is 6.01. The molecule has 3 nitrogen and oxygen atoms in total. The Hall–Kier alpha value is -1.84. The van der Waals surface area contributed by atoms with E-state index in [1.54, 1.807) is 0 Å². The Bertz CT molecular complexity index is 570. The van der Waals surface area contributed by atoms with Crippen molar-refractivity contribution < 1.29 is 4.74 Å². The molecule has 2 N–H and O–H groups in total. The molecule has 1 aliphatic rings. The van der Waals surface area contributed by atoms with Crippen molar-refractivity contribution in [3.8, 4) is 16.9 Å². The number of para-hydroxylation sites is 1. The van der Waals surface area contributed by atoms with E-state index in [1.165, 1.54) is 5.56 Å². The molecule has 1 aliphatic heterocycles. The first-order chi connectivity index (χ1) is 10.3. The van der Waals surface area contributed by atoms with E-state index in [1.807, 2.05) is 18.2 Å². The Balaban J connectivity index is 1.63. The molecule has 1 heterocycles. The van der Waals surface area contributed by atoms with Gasteiger partial charge >= 0.3 is 0 Å². The third-order valence-corrected chi connectivity index (χ3v) is 3.95. The highest BCUT2D eigenvalue weighted by Crippen LogP contribution is 2.29. The van der Waals surface area contributed by atoms with Crippen molar-refractivity contribution in [2.45, 2.75) is 12.5 Å². The molecule has 0 aliphatic carbocycles. The molecule has 3 heteroatoms. The van der Waals surface area contributed by atoms with E-state index in [-0.39, 0.29) is 0 Å². The van der Waals surface area contributed by atoms with Crippen LogP contribution < -0.4 is 10.5 Å². The van der Waals surface area contributed by atoms with E-state index in [2.05, 4.69) is 41.3 Å². The number of rotatable bonds is 5. The Labute approximate surface area is 126 Å². The fraction of sp³-hybridized carbons (Fsp3) is 0.333. The monoisotopic (exact) mass is 282 g/mol. The molecule has 0 aromatic heterocycles. The summed E-state index contributed by atoms with van der Waals surface area (Å²) in [6.45, 7) is 3.72. The highest BCUT2D eigenvalue weighted by molar-refractivity contribution is 5.70. The van der Waals surface area contributed by atoms with Crippen LogP contribution in [-0.2, 0) is 0 Å². The van der Waals surface area contributed by atoms with E-state index in [0.29, 0.717) is 12.6 Å². The van der Waals surface area contributed by atoms with Crippen LogP contribution >= 0.6 is 0 Å². The maximum atomic E-state index is 6.01. The minimum absolute atomic E-state index is 0.335. The van der Waals surface area contributed by atoms with E-state index >= 15 is 0 Å². The van der Waals surface area contributed by atoms with Gasteiger partial charge in [0.1, 0.15) is 12.4 Å². The lowest BCUT2D eigenvalue weighted by Gasteiger charge is -2.17. The highest BCUT2D eigenvalue weighted by atomic mass is 16.5. The number of hydrogen-bond donors (Lipinski definition) is 1. The van der Waals surface area contributed by atoms with Crippen molar-refractivity contribution in [1.29, 1.82) is 0 Å². The highest BCUT2D eigenvalue weighted by Gasteiger charge is 2.18. The summed E-state index contributed by atoms with van der Waals surface area (Å²) in [5.74, 6) is 0.951. The van der Waals surface area contributed by atoms with E-state index in [4.69, 9.17) is 10.5 Å². The quantitative estimate of drug-likeness (QED) is 0.916. The zero-order chi connectivity index (χ0) is 14.5. The molecule has 0 spiro atoms. The number of benzene rings is 2. The average molecular weight is 282 g/mol. The van der Waals surface area contributed by atoms with Gasteiger partial charge in [0.05, 0.1) is 0 Å². The molecular formula is C18H22N2O. The minimum Gasteiger partial charge on any atom is -0.492 e.